The molecule has 0 bridgehead atoms. The second-order valence-electron chi connectivity index (χ2n) is 8.03. The average molecular weight is 456 g/mol. The number of fused-ring (bicyclic) bond motifs is 1. The molecule has 5 rings (SSSR count). The number of nitrogens with two attached hydrogens (primary N) is 1. The van der Waals surface area contributed by atoms with E-state index in [0.717, 1.165) is 44.1 Å². The van der Waals surface area contributed by atoms with Crippen LogP contribution in [-0.2, 0) is 11.3 Å². The quantitative estimate of drug-likeness (QED) is 0.519. The van der Waals surface area contributed by atoms with Crippen LogP contribution in [0.5, 0.6) is 0 Å². The van der Waals surface area contributed by atoms with E-state index >= 15 is 0 Å². The summed E-state index contributed by atoms with van der Waals surface area (Å²) in [6.45, 7) is 4.28. The number of nitrogens with one attached hydrogen (secondary N) is 2. The Bertz CT molecular complexity index is 1290. The number of nitrogens with zero attached hydrogens (tertiary/aromatic N) is 4. The van der Waals surface area contributed by atoms with Crippen molar-refractivity contribution >= 4 is 22.8 Å². The third kappa shape index (κ3) is 4.80. The molecule has 9 heteroatoms. The van der Waals surface area contributed by atoms with Crippen molar-refractivity contribution < 1.29 is 9.53 Å². The van der Waals surface area contributed by atoms with Crippen LogP contribution in [0.2, 0.25) is 0 Å². The largest absolute Gasteiger partial charge is 0.379 e. The molecule has 2 aromatic heterocycles. The zero-order valence-electron chi connectivity index (χ0n) is 18.6. The van der Waals surface area contributed by atoms with Crippen molar-refractivity contribution in [3.8, 4) is 11.3 Å². The molecule has 0 unspecified atom stereocenters. The van der Waals surface area contributed by atoms with Gasteiger partial charge < -0.3 is 21.1 Å². The highest BCUT2D eigenvalue weighted by Gasteiger charge is 2.17. The number of ether oxygens (including phenoxy) is 1. The van der Waals surface area contributed by atoms with Crippen LogP contribution in [0.3, 0.4) is 0 Å². The summed E-state index contributed by atoms with van der Waals surface area (Å²) in [5.74, 6) is -0.0837. The van der Waals surface area contributed by atoms with Crippen LogP contribution in [0.1, 0.15) is 15.9 Å². The molecule has 3 aromatic rings. The molecular weight excluding hydrogens is 430 g/mol. The fourth-order valence-electron chi connectivity index (χ4n) is 3.94. The van der Waals surface area contributed by atoms with E-state index in [4.69, 9.17) is 15.5 Å². The molecule has 1 fully saturated rings. The lowest BCUT2D eigenvalue weighted by Crippen LogP contribution is -2.35. The van der Waals surface area contributed by atoms with E-state index in [1.54, 1.807) is 12.3 Å². The van der Waals surface area contributed by atoms with Crippen molar-refractivity contribution in [2.24, 2.45) is 5.73 Å². The van der Waals surface area contributed by atoms with Crippen LogP contribution in [0.25, 0.3) is 22.3 Å². The first-order chi connectivity index (χ1) is 16.7. The minimum atomic E-state index is -0.568. The molecule has 1 amide bonds. The van der Waals surface area contributed by atoms with Crippen LogP contribution in [0.4, 0.5) is 5.82 Å². The number of morpholine rings is 1. The van der Waals surface area contributed by atoms with Crippen LogP contribution < -0.4 is 16.4 Å². The summed E-state index contributed by atoms with van der Waals surface area (Å²) >= 11 is 0. The lowest BCUT2D eigenvalue weighted by Gasteiger charge is -2.26. The van der Waals surface area contributed by atoms with Crippen LogP contribution in [-0.4, -0.2) is 52.1 Å². The van der Waals surface area contributed by atoms with Gasteiger partial charge in [-0.05, 0) is 23.8 Å². The molecule has 9 nitrogen and oxygen atoms in total. The molecule has 34 heavy (non-hydrogen) atoms. The van der Waals surface area contributed by atoms with Crippen molar-refractivity contribution in [3.63, 3.8) is 0 Å². The third-order valence-electron chi connectivity index (χ3n) is 5.70. The second kappa shape index (κ2) is 9.82. The van der Waals surface area contributed by atoms with Crippen molar-refractivity contribution in [1.82, 2.24) is 25.2 Å². The smallest absolute Gasteiger partial charge is 0.251 e. The van der Waals surface area contributed by atoms with E-state index in [-0.39, 0.29) is 0 Å². The SMILES string of the molecule is NC(=O)c1cc(-c2ccc(CN3CCOCC3)cc2)nc2c(NC3=CNC=CC=C3)ncnc12. The third-order valence-corrected chi connectivity index (χ3v) is 5.70. The Balaban J connectivity index is 1.49. The topological polar surface area (TPSA) is 118 Å². The molecule has 0 spiro atoms. The number of carbonyl (C=O) groups is 1. The summed E-state index contributed by atoms with van der Waals surface area (Å²) in [4.78, 5) is 28.1. The van der Waals surface area contributed by atoms with E-state index in [2.05, 4.69) is 37.6 Å². The van der Waals surface area contributed by atoms with Gasteiger partial charge in [0.15, 0.2) is 5.82 Å². The molecule has 0 atom stereocenters. The number of anilines is 1. The average Bonchev–Trinajstić information content (AvgIpc) is 3.13. The summed E-state index contributed by atoms with van der Waals surface area (Å²) in [5.41, 5.74) is 10.4. The number of allylic oxidation sites excluding steroid dienone is 3. The van der Waals surface area contributed by atoms with E-state index < -0.39 is 5.91 Å². The Kier molecular flexibility index (Phi) is 6.28. The van der Waals surface area contributed by atoms with Crippen LogP contribution in [0.15, 0.2) is 73.0 Å². The fraction of sp³-hybridized carbons (Fsp3) is 0.200. The normalized spacial score (nSPS) is 16.1. The van der Waals surface area contributed by atoms with E-state index in [0.29, 0.717) is 28.1 Å². The van der Waals surface area contributed by atoms with Crippen molar-refractivity contribution in [1.29, 1.82) is 0 Å². The van der Waals surface area contributed by atoms with E-state index in [1.165, 1.54) is 11.9 Å². The van der Waals surface area contributed by atoms with Gasteiger partial charge in [0.1, 0.15) is 17.4 Å². The van der Waals surface area contributed by atoms with Gasteiger partial charge in [0.2, 0.25) is 0 Å². The molecule has 4 N–H and O–H groups in total. The summed E-state index contributed by atoms with van der Waals surface area (Å²) in [6, 6.07) is 9.88. The maximum atomic E-state index is 12.3. The van der Waals surface area contributed by atoms with Gasteiger partial charge in [-0.3, -0.25) is 9.69 Å². The molecule has 1 saturated heterocycles. The molecule has 0 aliphatic carbocycles. The first-order valence-electron chi connectivity index (χ1n) is 11.1. The monoisotopic (exact) mass is 455 g/mol. The van der Waals surface area contributed by atoms with E-state index in [1.807, 2.05) is 36.6 Å². The van der Waals surface area contributed by atoms with Gasteiger partial charge in [0, 0.05) is 37.6 Å². The van der Waals surface area contributed by atoms with Gasteiger partial charge >= 0.3 is 0 Å². The number of aromatic nitrogens is 3. The number of rotatable bonds is 6. The molecule has 2 aliphatic rings. The number of amides is 1. The Hall–Kier alpha value is -4.08. The zero-order chi connectivity index (χ0) is 23.3. The second-order valence-corrected chi connectivity index (χ2v) is 8.03. The van der Waals surface area contributed by atoms with Gasteiger partial charge in [-0.15, -0.1) is 0 Å². The molecule has 0 radical (unpaired) electrons. The lowest BCUT2D eigenvalue weighted by atomic mass is 10.0. The standard InChI is InChI=1S/C25H25N7O2/c26-24(33)20-13-21(18-6-4-17(5-7-18)15-32-9-11-34-12-10-32)31-23-22(20)28-16-29-25(23)30-19-3-1-2-8-27-14-19/h1-8,13-14,16,27H,9-12,15H2,(H2,26,33)(H,28,29,30). The summed E-state index contributed by atoms with van der Waals surface area (Å²) in [5, 5.41) is 6.30. The number of carbonyl (C=O) groups excluding carboxylic acids is 1. The first kappa shape index (κ1) is 21.7. The maximum Gasteiger partial charge on any atom is 0.251 e. The minimum absolute atomic E-state index is 0.299. The Labute approximate surface area is 197 Å². The Morgan fingerprint density at radius 2 is 1.94 bits per heavy atom. The lowest BCUT2D eigenvalue weighted by molar-refractivity contribution is 0.0342. The molecule has 0 saturated carbocycles. The van der Waals surface area contributed by atoms with E-state index in [9.17, 15) is 4.79 Å². The molecule has 1 aromatic carbocycles. The highest BCUT2D eigenvalue weighted by molar-refractivity contribution is 6.07. The van der Waals surface area contributed by atoms with Crippen molar-refractivity contribution in [2.75, 3.05) is 31.6 Å². The number of benzene rings is 1. The molecule has 172 valence electrons. The predicted octanol–water partition coefficient (Wildman–Crippen LogP) is 2.55. The van der Waals surface area contributed by atoms with Crippen molar-refractivity contribution in [3.05, 3.63) is 84.1 Å². The summed E-state index contributed by atoms with van der Waals surface area (Å²) in [6.07, 6.45) is 10.7. The first-order valence-corrected chi connectivity index (χ1v) is 11.1. The maximum absolute atomic E-state index is 12.3. The Morgan fingerprint density at radius 1 is 1.12 bits per heavy atom. The fourth-order valence-corrected chi connectivity index (χ4v) is 3.94. The number of hydrogen-bond donors (Lipinski definition) is 3. The van der Waals surface area contributed by atoms with Crippen molar-refractivity contribution in [2.45, 2.75) is 6.54 Å². The van der Waals surface area contributed by atoms with Gasteiger partial charge in [-0.25, -0.2) is 15.0 Å². The minimum Gasteiger partial charge on any atom is -0.379 e. The zero-order valence-corrected chi connectivity index (χ0v) is 18.6. The Morgan fingerprint density at radius 3 is 2.74 bits per heavy atom. The molecule has 2 aliphatic heterocycles. The van der Waals surface area contributed by atoms with Gasteiger partial charge in [0.05, 0.1) is 30.2 Å². The van der Waals surface area contributed by atoms with Gasteiger partial charge in [-0.1, -0.05) is 30.3 Å². The number of primary amides is 1. The predicted molar refractivity (Wildman–Crippen MR) is 131 cm³/mol. The van der Waals surface area contributed by atoms with Crippen LogP contribution >= 0.6 is 0 Å². The highest BCUT2D eigenvalue weighted by atomic mass is 16.5. The highest BCUT2D eigenvalue weighted by Crippen LogP contribution is 2.28. The molecule has 4 heterocycles. The number of pyridine rings is 1. The molecular formula is C25H25N7O2. The summed E-state index contributed by atoms with van der Waals surface area (Å²) < 4.78 is 5.43. The van der Waals surface area contributed by atoms with Gasteiger partial charge in [-0.2, -0.15) is 0 Å². The van der Waals surface area contributed by atoms with Gasteiger partial charge in [0.25, 0.3) is 5.91 Å². The van der Waals surface area contributed by atoms with Crippen LogP contribution in [0, 0.1) is 0 Å². The number of hydrogen-bond acceptors (Lipinski definition) is 8. The summed E-state index contributed by atoms with van der Waals surface area (Å²) in [7, 11) is 0.